The second-order valence-electron chi connectivity index (χ2n) is 13.3. The van der Waals surface area contributed by atoms with Gasteiger partial charge in [-0.3, -0.25) is 4.90 Å². The van der Waals surface area contributed by atoms with Crippen molar-refractivity contribution in [2.75, 3.05) is 39.3 Å². The van der Waals surface area contributed by atoms with E-state index in [-0.39, 0.29) is 12.6 Å². The minimum Gasteiger partial charge on any atom is -0.490 e. The largest absolute Gasteiger partial charge is 0.490 e. The van der Waals surface area contributed by atoms with Crippen LogP contribution < -0.4 is 4.74 Å². The molecule has 0 bridgehead atoms. The van der Waals surface area contributed by atoms with Gasteiger partial charge in [-0.25, -0.2) is 8.78 Å². The summed E-state index contributed by atoms with van der Waals surface area (Å²) in [6.07, 6.45) is -1.20. The lowest BCUT2D eigenvalue weighted by atomic mass is 9.89. The summed E-state index contributed by atoms with van der Waals surface area (Å²) in [7, 11) is 0. The van der Waals surface area contributed by atoms with Crippen LogP contribution in [0.15, 0.2) is 97.1 Å². The van der Waals surface area contributed by atoms with Gasteiger partial charge in [-0.2, -0.15) is 0 Å². The van der Waals surface area contributed by atoms with E-state index in [1.54, 1.807) is 6.07 Å². The van der Waals surface area contributed by atoms with Gasteiger partial charge in [0.2, 0.25) is 0 Å². The number of fused-ring (bicyclic) bond motifs is 4. The zero-order chi connectivity index (χ0) is 31.2. The number of ether oxygens (including phenoxy) is 1. The fourth-order valence-electron chi connectivity index (χ4n) is 7.69. The first kappa shape index (κ1) is 29.6. The van der Waals surface area contributed by atoms with Crippen molar-refractivity contribution in [2.45, 2.75) is 49.7 Å². The number of benzene rings is 5. The van der Waals surface area contributed by atoms with Crippen LogP contribution in [-0.2, 0) is 0 Å². The van der Waals surface area contributed by atoms with Crippen molar-refractivity contribution in [1.29, 1.82) is 0 Å². The lowest BCUT2D eigenvalue weighted by Gasteiger charge is -2.40. The lowest BCUT2D eigenvalue weighted by Crippen LogP contribution is -2.48. The SMILES string of the molecule is O[C@@H](CCN1CCN(C2c3ccccc3C(F)C(F)c3c(C4CC4)cccc32)CC1)COc1cccc2cc3ccccc3cc12. The standard InChI is InChI=1S/C40H40F2N2O2/c41-38-32-10-3-4-11-33(32)40(34-13-6-12-31(26-15-16-26)37(34)39(38)42)44-21-19-43(20-22-44)18-17-30(45)25-46-36-14-5-9-29-23-27-7-1-2-8-28(27)24-35(29)36/h1-14,23-24,26,30,38-40,45H,15-22,25H2/t30-,38?,39?,40?/m0/s1. The van der Waals surface area contributed by atoms with Crippen LogP contribution in [0.25, 0.3) is 21.5 Å². The molecular formula is C40H40F2N2O2. The first-order chi connectivity index (χ1) is 22.5. The third-order valence-electron chi connectivity index (χ3n) is 10.3. The molecule has 1 N–H and O–H groups in total. The van der Waals surface area contributed by atoms with Crippen LogP contribution in [0.4, 0.5) is 8.78 Å². The molecule has 1 saturated carbocycles. The summed E-state index contributed by atoms with van der Waals surface area (Å²) in [5, 5.41) is 15.4. The Hall–Kier alpha value is -3.84. The van der Waals surface area contributed by atoms with Gasteiger partial charge in [-0.15, -0.1) is 0 Å². The quantitative estimate of drug-likeness (QED) is 0.177. The molecule has 1 aliphatic heterocycles. The number of aliphatic hydroxyl groups is 1. The van der Waals surface area contributed by atoms with Gasteiger partial charge in [0.1, 0.15) is 12.4 Å². The number of nitrogens with zero attached hydrogens (tertiary/aromatic N) is 2. The van der Waals surface area contributed by atoms with Crippen LogP contribution in [-0.4, -0.2) is 60.3 Å². The van der Waals surface area contributed by atoms with Gasteiger partial charge in [0, 0.05) is 38.1 Å². The second kappa shape index (κ2) is 12.4. The van der Waals surface area contributed by atoms with E-state index in [9.17, 15) is 5.11 Å². The highest BCUT2D eigenvalue weighted by Crippen LogP contribution is 2.53. The Morgan fingerprint density at radius 1 is 0.696 bits per heavy atom. The minimum atomic E-state index is -1.67. The molecule has 1 saturated heterocycles. The number of hydrogen-bond donors (Lipinski definition) is 1. The van der Waals surface area contributed by atoms with Crippen molar-refractivity contribution in [1.82, 2.24) is 9.80 Å². The molecule has 4 nitrogen and oxygen atoms in total. The average molecular weight is 619 g/mol. The van der Waals surface area contributed by atoms with E-state index < -0.39 is 18.4 Å². The van der Waals surface area contributed by atoms with E-state index in [0.29, 0.717) is 23.5 Å². The zero-order valence-corrected chi connectivity index (χ0v) is 26.0. The normalized spacial score (nSPS) is 22.7. The fourth-order valence-corrected chi connectivity index (χ4v) is 7.69. The van der Waals surface area contributed by atoms with Crippen molar-refractivity contribution in [3.05, 3.63) is 125 Å². The molecule has 46 heavy (non-hydrogen) atoms. The molecule has 0 spiro atoms. The van der Waals surface area contributed by atoms with Crippen LogP contribution in [0, 0.1) is 0 Å². The maximum atomic E-state index is 16.0. The van der Waals surface area contributed by atoms with Crippen molar-refractivity contribution in [3.8, 4) is 5.75 Å². The fraction of sp³-hybridized carbons (Fsp3) is 0.350. The third-order valence-corrected chi connectivity index (χ3v) is 10.3. The lowest BCUT2D eigenvalue weighted by molar-refractivity contribution is 0.0680. The number of rotatable bonds is 8. The highest BCUT2D eigenvalue weighted by atomic mass is 19.2. The monoisotopic (exact) mass is 618 g/mol. The maximum absolute atomic E-state index is 16.0. The summed E-state index contributed by atoms with van der Waals surface area (Å²) >= 11 is 0. The third kappa shape index (κ3) is 5.57. The van der Waals surface area contributed by atoms with Crippen molar-refractivity contribution in [3.63, 3.8) is 0 Å². The molecule has 4 atom stereocenters. The predicted molar refractivity (Wildman–Crippen MR) is 180 cm³/mol. The minimum absolute atomic E-state index is 0.178. The van der Waals surface area contributed by atoms with Gasteiger partial charge in [-0.05, 0) is 87.4 Å². The first-order valence-electron chi connectivity index (χ1n) is 16.7. The Kier molecular flexibility index (Phi) is 7.97. The van der Waals surface area contributed by atoms with E-state index in [1.165, 1.54) is 10.8 Å². The summed E-state index contributed by atoms with van der Waals surface area (Å²) in [5.74, 6) is 1.13. The predicted octanol–water partition coefficient (Wildman–Crippen LogP) is 8.44. The number of alkyl halides is 2. The highest BCUT2D eigenvalue weighted by molar-refractivity contribution is 6.00. The van der Waals surface area contributed by atoms with Gasteiger partial charge < -0.3 is 14.7 Å². The van der Waals surface area contributed by atoms with Crippen LogP contribution in [0.5, 0.6) is 5.75 Å². The number of hydrogen-bond acceptors (Lipinski definition) is 4. The smallest absolute Gasteiger partial charge is 0.161 e. The Bertz CT molecular complexity index is 1870. The molecule has 5 aromatic carbocycles. The van der Waals surface area contributed by atoms with Crippen LogP contribution in [0.3, 0.4) is 0 Å². The highest BCUT2D eigenvalue weighted by Gasteiger charge is 2.42. The van der Waals surface area contributed by atoms with E-state index in [4.69, 9.17) is 4.74 Å². The van der Waals surface area contributed by atoms with E-state index >= 15 is 8.78 Å². The maximum Gasteiger partial charge on any atom is 0.161 e. The Labute approximate surface area is 269 Å². The molecule has 0 aromatic heterocycles. The summed E-state index contributed by atoms with van der Waals surface area (Å²) < 4.78 is 38.0. The molecule has 2 aliphatic carbocycles. The van der Waals surface area contributed by atoms with Crippen molar-refractivity contribution >= 4 is 21.5 Å². The molecule has 2 fully saturated rings. The summed E-state index contributed by atoms with van der Waals surface area (Å²) in [6.45, 7) is 4.24. The van der Waals surface area contributed by atoms with Gasteiger partial charge in [0.25, 0.3) is 0 Å². The van der Waals surface area contributed by atoms with Crippen molar-refractivity contribution in [2.24, 2.45) is 0 Å². The molecule has 6 heteroatoms. The number of aliphatic hydroxyl groups excluding tert-OH is 1. The van der Waals surface area contributed by atoms with Crippen LogP contribution in [0.2, 0.25) is 0 Å². The average Bonchev–Trinajstić information content (AvgIpc) is 3.95. The molecule has 1 heterocycles. The van der Waals surface area contributed by atoms with Gasteiger partial charge in [-0.1, -0.05) is 78.9 Å². The van der Waals surface area contributed by atoms with E-state index in [0.717, 1.165) is 78.8 Å². The number of halogens is 2. The summed E-state index contributed by atoms with van der Waals surface area (Å²) in [6, 6.07) is 32.1. The van der Waals surface area contributed by atoms with E-state index in [1.807, 2.05) is 60.7 Å². The van der Waals surface area contributed by atoms with Gasteiger partial charge >= 0.3 is 0 Å². The van der Waals surface area contributed by atoms with Gasteiger partial charge in [0.15, 0.2) is 12.3 Å². The zero-order valence-electron chi connectivity index (χ0n) is 26.0. The molecule has 0 radical (unpaired) electrons. The van der Waals surface area contributed by atoms with Crippen LogP contribution >= 0.6 is 0 Å². The van der Waals surface area contributed by atoms with Crippen LogP contribution in [0.1, 0.15) is 71.4 Å². The molecule has 3 aliphatic rings. The molecule has 0 amide bonds. The second-order valence-corrected chi connectivity index (χ2v) is 13.3. The topological polar surface area (TPSA) is 35.9 Å². The van der Waals surface area contributed by atoms with Crippen molar-refractivity contribution < 1.29 is 18.6 Å². The summed E-state index contributed by atoms with van der Waals surface area (Å²) in [4.78, 5) is 4.78. The Morgan fingerprint density at radius 3 is 2.13 bits per heavy atom. The molecule has 236 valence electrons. The molecule has 5 aromatic rings. The summed E-state index contributed by atoms with van der Waals surface area (Å²) in [5.41, 5.74) is 3.86. The van der Waals surface area contributed by atoms with E-state index in [2.05, 4.69) is 40.1 Å². The first-order valence-corrected chi connectivity index (χ1v) is 16.7. The number of piperazine rings is 1. The molecule has 3 unspecified atom stereocenters. The Balaban J connectivity index is 0.929. The molecule has 8 rings (SSSR count). The Morgan fingerprint density at radius 2 is 1.35 bits per heavy atom. The van der Waals surface area contributed by atoms with Gasteiger partial charge in [0.05, 0.1) is 12.1 Å². The molecular weight excluding hydrogens is 578 g/mol.